The Hall–Kier alpha value is -4.84. The normalized spacial score (nSPS) is 19.9. The third kappa shape index (κ3) is 4.31. The van der Waals surface area contributed by atoms with Crippen LogP contribution in [0.4, 0.5) is 17.1 Å². The molecule has 2 aliphatic heterocycles. The molecule has 12 heteroatoms. The average molecular weight is 550 g/mol. The Bertz CT molecular complexity index is 1460. The highest BCUT2D eigenvalue weighted by Gasteiger charge is 2.61. The Morgan fingerprint density at radius 1 is 0.900 bits per heavy atom. The SMILES string of the molecule is CCOc1ccc(N2C(=O)[C@@H]3[C@@H](ON(c4cccc([N+](=O)[O-])c4)[C@H]3c3ccc(OC)c(OC)c3OC)C2=O)cc1. The predicted octanol–water partition coefficient (Wildman–Crippen LogP) is 4.07. The molecule has 0 radical (unpaired) electrons. The van der Waals surface area contributed by atoms with E-state index in [0.717, 1.165) is 4.90 Å². The quantitative estimate of drug-likeness (QED) is 0.219. The molecule has 2 aliphatic rings. The summed E-state index contributed by atoms with van der Waals surface area (Å²) in [5.41, 5.74) is 0.953. The number of rotatable bonds is 9. The highest BCUT2D eigenvalue weighted by atomic mass is 16.7. The summed E-state index contributed by atoms with van der Waals surface area (Å²) in [6.45, 7) is 2.33. The molecule has 2 saturated heterocycles. The molecule has 12 nitrogen and oxygen atoms in total. The zero-order valence-electron chi connectivity index (χ0n) is 22.2. The van der Waals surface area contributed by atoms with Crippen LogP contribution in [0.15, 0.2) is 60.7 Å². The van der Waals surface area contributed by atoms with Crippen molar-refractivity contribution in [3.63, 3.8) is 0 Å². The predicted molar refractivity (Wildman–Crippen MR) is 143 cm³/mol. The molecule has 0 spiro atoms. The Balaban J connectivity index is 1.63. The van der Waals surface area contributed by atoms with Crippen molar-refractivity contribution in [1.82, 2.24) is 0 Å². The third-order valence-electron chi connectivity index (χ3n) is 6.87. The molecule has 40 heavy (non-hydrogen) atoms. The standard InChI is InChI=1S/C28H27N3O9/c1-5-39-19-11-9-16(10-12-19)29-27(32)22-23(20-13-14-21(36-2)25(38-4)24(20)37-3)30(40-26(22)28(29)33)17-7-6-8-18(15-17)31(34)35/h6-15,22-23,26H,5H2,1-4H3/t22-,23-,26+/m0/s1. The highest BCUT2D eigenvalue weighted by molar-refractivity contribution is 6.24. The molecule has 0 aliphatic carbocycles. The number of hydroxylamine groups is 1. The number of carbonyl (C=O) groups is 2. The molecule has 3 aromatic carbocycles. The minimum Gasteiger partial charge on any atom is -0.494 e. The van der Waals surface area contributed by atoms with Gasteiger partial charge >= 0.3 is 0 Å². The number of amides is 2. The molecule has 0 bridgehead atoms. The monoisotopic (exact) mass is 549 g/mol. The third-order valence-corrected chi connectivity index (χ3v) is 6.87. The second-order valence-electron chi connectivity index (χ2n) is 8.96. The van der Waals surface area contributed by atoms with Crippen LogP contribution < -0.4 is 28.9 Å². The van der Waals surface area contributed by atoms with Crippen LogP contribution >= 0.6 is 0 Å². The van der Waals surface area contributed by atoms with E-state index in [1.165, 1.54) is 44.6 Å². The number of anilines is 2. The van der Waals surface area contributed by atoms with Crippen molar-refractivity contribution in [2.75, 3.05) is 37.9 Å². The summed E-state index contributed by atoms with van der Waals surface area (Å²) in [5.74, 6) is -0.510. The van der Waals surface area contributed by atoms with Gasteiger partial charge in [-0.15, -0.1) is 0 Å². The Morgan fingerprint density at radius 2 is 1.62 bits per heavy atom. The molecular weight excluding hydrogens is 522 g/mol. The number of imide groups is 1. The molecule has 0 N–H and O–H groups in total. The molecule has 3 aromatic rings. The maximum atomic E-state index is 14.0. The van der Waals surface area contributed by atoms with Crippen molar-refractivity contribution in [1.29, 1.82) is 0 Å². The number of fused-ring (bicyclic) bond motifs is 1. The van der Waals surface area contributed by atoms with Gasteiger partial charge < -0.3 is 18.9 Å². The summed E-state index contributed by atoms with van der Waals surface area (Å²) in [6.07, 6.45) is -1.19. The Labute approximate surface area is 229 Å². The van der Waals surface area contributed by atoms with Gasteiger partial charge in [0.1, 0.15) is 17.7 Å². The number of nitro groups is 1. The van der Waals surface area contributed by atoms with Crippen LogP contribution in [0.25, 0.3) is 0 Å². The maximum Gasteiger partial charge on any atom is 0.271 e. The van der Waals surface area contributed by atoms with Gasteiger partial charge in [0.15, 0.2) is 17.6 Å². The van der Waals surface area contributed by atoms with Crippen molar-refractivity contribution in [2.24, 2.45) is 5.92 Å². The van der Waals surface area contributed by atoms with Gasteiger partial charge in [-0.1, -0.05) is 6.07 Å². The van der Waals surface area contributed by atoms with Crippen LogP contribution in [0, 0.1) is 16.0 Å². The van der Waals surface area contributed by atoms with Crippen LogP contribution in [0.5, 0.6) is 23.0 Å². The molecule has 3 atom stereocenters. The molecule has 0 aromatic heterocycles. The fourth-order valence-corrected chi connectivity index (χ4v) is 5.17. The Morgan fingerprint density at radius 3 is 2.25 bits per heavy atom. The zero-order valence-corrected chi connectivity index (χ0v) is 22.2. The van der Waals surface area contributed by atoms with Crippen LogP contribution in [0.3, 0.4) is 0 Å². The fourth-order valence-electron chi connectivity index (χ4n) is 5.17. The molecule has 0 unspecified atom stereocenters. The first-order chi connectivity index (χ1) is 19.3. The van der Waals surface area contributed by atoms with E-state index in [-0.39, 0.29) is 17.2 Å². The number of benzene rings is 3. The average Bonchev–Trinajstić information content (AvgIpc) is 3.48. The van der Waals surface area contributed by atoms with Gasteiger partial charge in [-0.25, -0.2) is 9.96 Å². The van der Waals surface area contributed by atoms with E-state index in [1.54, 1.807) is 42.5 Å². The lowest BCUT2D eigenvalue weighted by Gasteiger charge is -2.30. The van der Waals surface area contributed by atoms with Crippen molar-refractivity contribution in [3.05, 3.63) is 76.3 Å². The van der Waals surface area contributed by atoms with E-state index in [2.05, 4.69) is 0 Å². The first-order valence-electron chi connectivity index (χ1n) is 12.4. The maximum absolute atomic E-state index is 14.0. The number of ether oxygens (including phenoxy) is 4. The van der Waals surface area contributed by atoms with Crippen molar-refractivity contribution in [3.8, 4) is 23.0 Å². The van der Waals surface area contributed by atoms with E-state index < -0.39 is 34.8 Å². The first kappa shape index (κ1) is 26.8. The smallest absolute Gasteiger partial charge is 0.271 e. The van der Waals surface area contributed by atoms with Crippen molar-refractivity contribution >= 4 is 28.9 Å². The summed E-state index contributed by atoms with van der Waals surface area (Å²) in [7, 11) is 4.38. The number of methoxy groups -OCH3 is 3. The summed E-state index contributed by atoms with van der Waals surface area (Å²) >= 11 is 0. The Kier molecular flexibility index (Phi) is 7.18. The van der Waals surface area contributed by atoms with Gasteiger partial charge in [0.05, 0.1) is 44.2 Å². The van der Waals surface area contributed by atoms with Gasteiger partial charge in [-0.3, -0.25) is 24.5 Å². The van der Waals surface area contributed by atoms with E-state index >= 15 is 0 Å². The molecule has 2 fully saturated rings. The second kappa shape index (κ2) is 10.7. The van der Waals surface area contributed by atoms with E-state index in [0.29, 0.717) is 35.0 Å². The number of hydrogen-bond acceptors (Lipinski definition) is 10. The number of non-ortho nitro benzene ring substituents is 1. The number of carbonyl (C=O) groups excluding carboxylic acids is 2. The molecule has 2 heterocycles. The molecule has 208 valence electrons. The molecule has 5 rings (SSSR count). The van der Waals surface area contributed by atoms with Gasteiger partial charge in [0.2, 0.25) is 11.7 Å². The van der Waals surface area contributed by atoms with Crippen molar-refractivity contribution in [2.45, 2.75) is 19.1 Å². The zero-order chi connectivity index (χ0) is 28.6. The lowest BCUT2D eigenvalue weighted by molar-refractivity contribution is -0.384. The van der Waals surface area contributed by atoms with Gasteiger partial charge in [0, 0.05) is 17.7 Å². The molecule has 0 saturated carbocycles. The van der Waals surface area contributed by atoms with Gasteiger partial charge in [-0.05, 0) is 49.4 Å². The molecular formula is C28H27N3O9. The topological polar surface area (TPSA) is 130 Å². The summed E-state index contributed by atoms with van der Waals surface area (Å²) in [5, 5.41) is 12.9. The largest absolute Gasteiger partial charge is 0.494 e. The molecule has 2 amide bonds. The first-order valence-corrected chi connectivity index (χ1v) is 12.4. The summed E-state index contributed by atoms with van der Waals surface area (Å²) in [6, 6.07) is 14.8. The number of hydrogen-bond donors (Lipinski definition) is 0. The van der Waals surface area contributed by atoms with E-state index in [4.69, 9.17) is 23.8 Å². The van der Waals surface area contributed by atoms with Crippen molar-refractivity contribution < 1.29 is 38.3 Å². The minimum atomic E-state index is -1.19. The highest BCUT2D eigenvalue weighted by Crippen LogP contribution is 2.52. The number of nitrogens with zero attached hydrogens (tertiary/aromatic N) is 3. The van der Waals surface area contributed by atoms with Crippen LogP contribution in [-0.2, 0) is 14.4 Å². The van der Waals surface area contributed by atoms with Crippen LogP contribution in [0.2, 0.25) is 0 Å². The second-order valence-corrected chi connectivity index (χ2v) is 8.96. The fraction of sp³-hybridized carbons (Fsp3) is 0.286. The van der Waals surface area contributed by atoms with Gasteiger partial charge in [0.25, 0.3) is 11.6 Å². The van der Waals surface area contributed by atoms with E-state index in [9.17, 15) is 19.7 Å². The van der Waals surface area contributed by atoms with Gasteiger partial charge in [-0.2, -0.15) is 0 Å². The summed E-state index contributed by atoms with van der Waals surface area (Å²) in [4.78, 5) is 45.9. The minimum absolute atomic E-state index is 0.176. The number of nitro benzene ring substituents is 1. The lowest BCUT2D eigenvalue weighted by atomic mass is 9.89. The van der Waals surface area contributed by atoms with Crippen LogP contribution in [0.1, 0.15) is 18.5 Å². The lowest BCUT2D eigenvalue weighted by Crippen LogP contribution is -2.37. The summed E-state index contributed by atoms with van der Waals surface area (Å²) < 4.78 is 22.2. The van der Waals surface area contributed by atoms with Crippen LogP contribution in [-0.4, -0.2) is 50.8 Å². The van der Waals surface area contributed by atoms with E-state index in [1.807, 2.05) is 6.92 Å².